The zero-order valence-corrected chi connectivity index (χ0v) is 12.1. The smallest absolute Gasteiger partial charge is 0.238 e. The van der Waals surface area contributed by atoms with Gasteiger partial charge >= 0.3 is 0 Å². The number of allylic oxidation sites excluding steroid dienone is 2. The van der Waals surface area contributed by atoms with Crippen LogP contribution in [0.2, 0.25) is 5.02 Å². The van der Waals surface area contributed by atoms with E-state index in [1.165, 1.54) is 17.7 Å². The molecule has 3 aliphatic carbocycles. The number of hydrogen-bond donors (Lipinski definition) is 0. The monoisotopic (exact) mass is 299 g/mol. The Balaban J connectivity index is 1.57. The lowest BCUT2D eigenvalue weighted by Crippen LogP contribution is -2.34. The standard InChI is InChI=1S/C17H14ClNO2/c18-9-1-3-10(4-2-9)19-15(20)13-11-5-6-12(14(13)16(19)21)17(11)7-8-17/h1-6,11-14H,7-8H2/t11-,12-,13-,14+/m1/s1. The molecule has 4 atom stereocenters. The van der Waals surface area contributed by atoms with Gasteiger partial charge in [-0.05, 0) is 54.4 Å². The quantitative estimate of drug-likeness (QED) is 0.590. The van der Waals surface area contributed by atoms with Crippen molar-refractivity contribution in [3.63, 3.8) is 0 Å². The molecule has 3 fully saturated rings. The van der Waals surface area contributed by atoms with E-state index >= 15 is 0 Å². The lowest BCUT2D eigenvalue weighted by atomic mass is 9.85. The zero-order chi connectivity index (χ0) is 14.4. The van der Waals surface area contributed by atoms with E-state index in [1.807, 2.05) is 0 Å². The molecule has 106 valence electrons. The molecule has 1 heterocycles. The molecule has 0 radical (unpaired) electrons. The van der Waals surface area contributed by atoms with Crippen molar-refractivity contribution in [1.29, 1.82) is 0 Å². The number of carbonyl (C=O) groups excluding carboxylic acids is 2. The molecule has 5 rings (SSSR count). The van der Waals surface area contributed by atoms with Gasteiger partial charge in [0.15, 0.2) is 0 Å². The molecule has 2 amide bonds. The fourth-order valence-electron chi connectivity index (χ4n) is 4.92. The molecular weight excluding hydrogens is 286 g/mol. The van der Waals surface area contributed by atoms with Crippen LogP contribution in [0.25, 0.3) is 0 Å². The van der Waals surface area contributed by atoms with Crippen molar-refractivity contribution in [2.75, 3.05) is 4.90 Å². The third-order valence-electron chi connectivity index (χ3n) is 5.94. The minimum Gasteiger partial charge on any atom is -0.274 e. The summed E-state index contributed by atoms with van der Waals surface area (Å²) < 4.78 is 0. The molecule has 21 heavy (non-hydrogen) atoms. The highest BCUT2D eigenvalue weighted by Gasteiger charge is 2.73. The molecule has 2 saturated carbocycles. The van der Waals surface area contributed by atoms with Crippen LogP contribution in [0.4, 0.5) is 5.69 Å². The second-order valence-electron chi connectivity index (χ2n) is 6.71. The Morgan fingerprint density at radius 3 is 1.95 bits per heavy atom. The van der Waals surface area contributed by atoms with Crippen LogP contribution in [0.3, 0.4) is 0 Å². The Morgan fingerprint density at radius 1 is 0.952 bits per heavy atom. The van der Waals surface area contributed by atoms with E-state index in [-0.39, 0.29) is 40.9 Å². The second-order valence-corrected chi connectivity index (χ2v) is 7.15. The first-order valence-corrected chi connectivity index (χ1v) is 7.83. The topological polar surface area (TPSA) is 37.4 Å². The molecule has 0 aromatic heterocycles. The van der Waals surface area contributed by atoms with Crippen molar-refractivity contribution in [3.05, 3.63) is 41.4 Å². The number of anilines is 1. The van der Waals surface area contributed by atoms with Crippen LogP contribution in [-0.2, 0) is 9.59 Å². The predicted octanol–water partition coefficient (Wildman–Crippen LogP) is 3.04. The van der Waals surface area contributed by atoms with E-state index in [0.717, 1.165) is 0 Å². The molecule has 1 aromatic rings. The Bertz CT molecular complexity index is 670. The van der Waals surface area contributed by atoms with Gasteiger partial charge in [0.2, 0.25) is 11.8 Å². The van der Waals surface area contributed by atoms with E-state index in [4.69, 9.17) is 11.6 Å². The number of nitrogens with zero attached hydrogens (tertiary/aromatic N) is 1. The Labute approximate surface area is 127 Å². The summed E-state index contributed by atoms with van der Waals surface area (Å²) in [5, 5.41) is 0.608. The van der Waals surface area contributed by atoms with Crippen LogP contribution in [-0.4, -0.2) is 11.8 Å². The van der Waals surface area contributed by atoms with Gasteiger partial charge in [-0.3, -0.25) is 14.5 Å². The summed E-state index contributed by atoms with van der Waals surface area (Å²) in [6.45, 7) is 0. The SMILES string of the molecule is O=C1[C@@H]2[C@H](C(=O)N1c1ccc(Cl)cc1)[C@H]1C=C[C@H]2C12CC2. The second kappa shape index (κ2) is 3.58. The van der Waals surface area contributed by atoms with Crippen molar-refractivity contribution in [1.82, 2.24) is 0 Å². The summed E-state index contributed by atoms with van der Waals surface area (Å²) in [5.41, 5.74) is 0.903. The maximum absolute atomic E-state index is 12.8. The highest BCUT2D eigenvalue weighted by Crippen LogP contribution is 2.73. The lowest BCUT2D eigenvalue weighted by molar-refractivity contribution is -0.123. The maximum atomic E-state index is 12.8. The first kappa shape index (κ1) is 12.0. The number of halogens is 1. The summed E-state index contributed by atoms with van der Waals surface area (Å²) >= 11 is 5.89. The number of rotatable bonds is 1. The third-order valence-corrected chi connectivity index (χ3v) is 6.19. The van der Waals surface area contributed by atoms with Gasteiger partial charge in [0.05, 0.1) is 17.5 Å². The summed E-state index contributed by atoms with van der Waals surface area (Å²) in [6.07, 6.45) is 6.72. The Kier molecular flexibility index (Phi) is 2.05. The molecule has 1 spiro atoms. The number of hydrogen-bond acceptors (Lipinski definition) is 2. The molecule has 1 saturated heterocycles. The summed E-state index contributed by atoms with van der Waals surface area (Å²) in [6, 6.07) is 6.95. The van der Waals surface area contributed by atoms with E-state index in [1.54, 1.807) is 24.3 Å². The van der Waals surface area contributed by atoms with Gasteiger partial charge in [0.25, 0.3) is 0 Å². The Hall–Kier alpha value is -1.61. The first-order valence-electron chi connectivity index (χ1n) is 7.45. The van der Waals surface area contributed by atoms with Crippen LogP contribution < -0.4 is 4.90 Å². The number of carbonyl (C=O) groups is 2. The molecule has 1 aromatic carbocycles. The predicted molar refractivity (Wildman–Crippen MR) is 78.7 cm³/mol. The van der Waals surface area contributed by atoms with Crippen LogP contribution in [0.5, 0.6) is 0 Å². The fourth-order valence-corrected chi connectivity index (χ4v) is 5.05. The molecule has 4 heteroatoms. The number of benzene rings is 1. The molecule has 0 N–H and O–H groups in total. The zero-order valence-electron chi connectivity index (χ0n) is 11.3. The molecule has 0 unspecified atom stereocenters. The van der Waals surface area contributed by atoms with Gasteiger partial charge in [-0.1, -0.05) is 23.8 Å². The normalized spacial score (nSPS) is 37.7. The fraction of sp³-hybridized carbons (Fsp3) is 0.412. The van der Waals surface area contributed by atoms with E-state index in [9.17, 15) is 9.59 Å². The number of fused-ring (bicyclic) bond motifs is 3. The summed E-state index contributed by atoms with van der Waals surface area (Å²) in [4.78, 5) is 27.0. The molecule has 4 aliphatic rings. The van der Waals surface area contributed by atoms with Gasteiger partial charge in [-0.25, -0.2) is 0 Å². The minimum atomic E-state index is -0.134. The van der Waals surface area contributed by atoms with Crippen LogP contribution in [0.1, 0.15) is 12.8 Å². The Morgan fingerprint density at radius 2 is 1.48 bits per heavy atom. The van der Waals surface area contributed by atoms with Crippen LogP contribution in [0.15, 0.2) is 36.4 Å². The van der Waals surface area contributed by atoms with Gasteiger partial charge in [0, 0.05) is 5.02 Å². The van der Waals surface area contributed by atoms with Gasteiger partial charge < -0.3 is 0 Å². The lowest BCUT2D eigenvalue weighted by Gasteiger charge is -2.21. The maximum Gasteiger partial charge on any atom is 0.238 e. The summed E-state index contributed by atoms with van der Waals surface area (Å²) in [5.74, 6) is 0.254. The first-order chi connectivity index (χ1) is 10.1. The van der Waals surface area contributed by atoms with Gasteiger partial charge in [-0.2, -0.15) is 0 Å². The average Bonchev–Trinajstić information content (AvgIpc) is 3.07. The highest BCUT2D eigenvalue weighted by molar-refractivity contribution is 6.30. The van der Waals surface area contributed by atoms with Gasteiger partial charge in [0.1, 0.15) is 0 Å². The van der Waals surface area contributed by atoms with Crippen molar-refractivity contribution in [3.8, 4) is 0 Å². The highest BCUT2D eigenvalue weighted by atomic mass is 35.5. The molecule has 2 bridgehead atoms. The molecule has 3 nitrogen and oxygen atoms in total. The van der Waals surface area contributed by atoms with Gasteiger partial charge in [-0.15, -0.1) is 0 Å². The minimum absolute atomic E-state index is 0.0181. The van der Waals surface area contributed by atoms with Crippen molar-refractivity contribution in [2.24, 2.45) is 29.1 Å². The number of amides is 2. The van der Waals surface area contributed by atoms with Crippen molar-refractivity contribution >= 4 is 29.1 Å². The van der Waals surface area contributed by atoms with E-state index in [0.29, 0.717) is 10.7 Å². The molecule has 1 aliphatic heterocycles. The average molecular weight is 300 g/mol. The molecular formula is C17H14ClNO2. The largest absolute Gasteiger partial charge is 0.274 e. The van der Waals surface area contributed by atoms with Crippen LogP contribution in [0, 0.1) is 29.1 Å². The van der Waals surface area contributed by atoms with Crippen molar-refractivity contribution in [2.45, 2.75) is 12.8 Å². The van der Waals surface area contributed by atoms with Crippen LogP contribution >= 0.6 is 11.6 Å². The van der Waals surface area contributed by atoms with Crippen molar-refractivity contribution < 1.29 is 9.59 Å². The third kappa shape index (κ3) is 1.27. The van der Waals surface area contributed by atoms with E-state index in [2.05, 4.69) is 12.2 Å². The van der Waals surface area contributed by atoms with E-state index < -0.39 is 0 Å². The number of imide groups is 1. The summed E-state index contributed by atoms with van der Waals surface area (Å²) in [7, 11) is 0.